The number of benzene rings is 2. The molecule has 22 heavy (non-hydrogen) atoms. The average molecular weight is 304 g/mol. The van der Waals surface area contributed by atoms with Crippen LogP contribution in [0.4, 0.5) is 13.2 Å². The van der Waals surface area contributed by atoms with Crippen LogP contribution < -0.4 is 4.74 Å². The third-order valence-corrected chi connectivity index (χ3v) is 3.06. The maximum Gasteiger partial charge on any atom is 0.416 e. The summed E-state index contributed by atoms with van der Waals surface area (Å²) >= 11 is 0. The van der Waals surface area contributed by atoms with E-state index in [-0.39, 0.29) is 5.75 Å². The Kier molecular flexibility index (Phi) is 3.63. The zero-order valence-electron chi connectivity index (χ0n) is 11.3. The summed E-state index contributed by atoms with van der Waals surface area (Å²) in [5.74, 6) is 1.31. The van der Waals surface area contributed by atoms with Gasteiger partial charge in [-0.25, -0.2) is 0 Å². The Hall–Kier alpha value is -2.69. The van der Waals surface area contributed by atoms with Gasteiger partial charge in [0.25, 0.3) is 0 Å². The first kappa shape index (κ1) is 14.3. The minimum Gasteiger partial charge on any atom is -0.464 e. The fourth-order valence-corrected chi connectivity index (χ4v) is 2.00. The first-order chi connectivity index (χ1) is 10.5. The second-order valence-corrected chi connectivity index (χ2v) is 4.63. The van der Waals surface area contributed by atoms with Crippen LogP contribution in [0.25, 0.3) is 11.3 Å². The maximum atomic E-state index is 12.7. The average Bonchev–Trinajstić information content (AvgIpc) is 3.02. The van der Waals surface area contributed by atoms with Crippen LogP contribution in [0.15, 0.2) is 71.3 Å². The summed E-state index contributed by atoms with van der Waals surface area (Å²) in [6, 6.07) is 15.3. The maximum absolute atomic E-state index is 12.7. The van der Waals surface area contributed by atoms with Crippen molar-refractivity contribution in [1.29, 1.82) is 0 Å². The molecule has 5 heteroatoms. The molecule has 1 heterocycles. The highest BCUT2D eigenvalue weighted by atomic mass is 19.4. The standard InChI is InChI=1S/C17H11F3O2/c18-17(19,20)13-3-1-4-15(11-13)22-14-8-6-12(7-9-14)16-5-2-10-21-16/h1-11H. The lowest BCUT2D eigenvalue weighted by molar-refractivity contribution is -0.137. The number of hydrogen-bond donors (Lipinski definition) is 0. The van der Waals surface area contributed by atoms with Gasteiger partial charge in [-0.2, -0.15) is 13.2 Å². The van der Waals surface area contributed by atoms with Crippen molar-refractivity contribution in [3.63, 3.8) is 0 Å². The minimum absolute atomic E-state index is 0.139. The predicted octanol–water partition coefficient (Wildman–Crippen LogP) is 5.76. The molecule has 0 fully saturated rings. The number of furan rings is 1. The first-order valence-electron chi connectivity index (χ1n) is 6.51. The van der Waals surface area contributed by atoms with Crippen molar-refractivity contribution in [3.05, 3.63) is 72.5 Å². The van der Waals surface area contributed by atoms with Crippen LogP contribution in [0.2, 0.25) is 0 Å². The zero-order chi connectivity index (χ0) is 15.6. The lowest BCUT2D eigenvalue weighted by Crippen LogP contribution is -2.04. The van der Waals surface area contributed by atoms with Crippen LogP contribution in [-0.2, 0) is 6.18 Å². The van der Waals surface area contributed by atoms with Gasteiger partial charge in [0.05, 0.1) is 11.8 Å². The molecule has 112 valence electrons. The van der Waals surface area contributed by atoms with Crippen molar-refractivity contribution in [2.75, 3.05) is 0 Å². The van der Waals surface area contributed by atoms with Crippen molar-refractivity contribution >= 4 is 0 Å². The summed E-state index contributed by atoms with van der Waals surface area (Å²) in [6.45, 7) is 0. The molecule has 0 N–H and O–H groups in total. The molecule has 0 saturated carbocycles. The highest BCUT2D eigenvalue weighted by Gasteiger charge is 2.30. The number of halogens is 3. The molecule has 2 nitrogen and oxygen atoms in total. The fraction of sp³-hybridized carbons (Fsp3) is 0.0588. The second kappa shape index (κ2) is 5.60. The molecule has 3 aromatic rings. The minimum atomic E-state index is -4.39. The summed E-state index contributed by atoms with van der Waals surface area (Å²) in [4.78, 5) is 0. The van der Waals surface area contributed by atoms with Crippen molar-refractivity contribution in [2.24, 2.45) is 0 Å². The largest absolute Gasteiger partial charge is 0.464 e. The predicted molar refractivity (Wildman–Crippen MR) is 75.7 cm³/mol. The summed E-state index contributed by atoms with van der Waals surface area (Å²) in [6.07, 6.45) is -2.81. The first-order valence-corrected chi connectivity index (χ1v) is 6.51. The molecule has 0 aliphatic rings. The van der Waals surface area contributed by atoms with Crippen LogP contribution in [0.3, 0.4) is 0 Å². The van der Waals surface area contributed by atoms with Crippen LogP contribution in [0, 0.1) is 0 Å². The summed E-state index contributed by atoms with van der Waals surface area (Å²) in [7, 11) is 0. The molecule has 0 bridgehead atoms. The molecule has 0 radical (unpaired) electrons. The number of ether oxygens (including phenoxy) is 1. The number of rotatable bonds is 3. The normalized spacial score (nSPS) is 11.4. The Bertz CT molecular complexity index is 744. The Labute approximate surface area is 124 Å². The zero-order valence-corrected chi connectivity index (χ0v) is 11.3. The van der Waals surface area contributed by atoms with E-state index in [0.29, 0.717) is 11.5 Å². The van der Waals surface area contributed by atoms with E-state index in [1.54, 1.807) is 36.6 Å². The number of hydrogen-bond acceptors (Lipinski definition) is 2. The molecular formula is C17H11F3O2. The summed E-state index contributed by atoms with van der Waals surface area (Å²) in [5.41, 5.74) is 0.124. The number of alkyl halides is 3. The van der Waals surface area contributed by atoms with Crippen LogP contribution >= 0.6 is 0 Å². The molecule has 1 aromatic heterocycles. The SMILES string of the molecule is FC(F)(F)c1cccc(Oc2ccc(-c3ccco3)cc2)c1. The van der Waals surface area contributed by atoms with E-state index in [1.165, 1.54) is 12.1 Å². The van der Waals surface area contributed by atoms with E-state index < -0.39 is 11.7 Å². The van der Waals surface area contributed by atoms with Gasteiger partial charge >= 0.3 is 6.18 Å². The quantitative estimate of drug-likeness (QED) is 0.614. The van der Waals surface area contributed by atoms with Crippen molar-refractivity contribution in [2.45, 2.75) is 6.18 Å². The smallest absolute Gasteiger partial charge is 0.416 e. The molecule has 0 spiro atoms. The van der Waals surface area contributed by atoms with Crippen molar-refractivity contribution in [1.82, 2.24) is 0 Å². The molecule has 2 aromatic carbocycles. The van der Waals surface area contributed by atoms with Crippen LogP contribution in [0.1, 0.15) is 5.56 Å². The molecular weight excluding hydrogens is 293 g/mol. The molecule has 0 unspecified atom stereocenters. The van der Waals surface area contributed by atoms with Gasteiger partial charge < -0.3 is 9.15 Å². The molecule has 0 aliphatic carbocycles. The second-order valence-electron chi connectivity index (χ2n) is 4.63. The van der Waals surface area contributed by atoms with Crippen molar-refractivity contribution < 1.29 is 22.3 Å². The van der Waals surface area contributed by atoms with Gasteiger partial charge in [-0.05, 0) is 54.6 Å². The van der Waals surface area contributed by atoms with Crippen molar-refractivity contribution in [3.8, 4) is 22.8 Å². The lowest BCUT2D eigenvalue weighted by Gasteiger charge is -2.10. The monoisotopic (exact) mass is 304 g/mol. The third kappa shape index (κ3) is 3.14. The topological polar surface area (TPSA) is 22.4 Å². The summed E-state index contributed by atoms with van der Waals surface area (Å²) < 4.78 is 48.7. The van der Waals surface area contributed by atoms with E-state index in [9.17, 15) is 13.2 Å². The Balaban J connectivity index is 1.79. The lowest BCUT2D eigenvalue weighted by atomic mass is 10.1. The van der Waals surface area contributed by atoms with Gasteiger partial charge in [0.15, 0.2) is 0 Å². The van der Waals surface area contributed by atoms with Crippen LogP contribution in [0.5, 0.6) is 11.5 Å². The molecule has 0 saturated heterocycles. The van der Waals surface area contributed by atoms with E-state index in [0.717, 1.165) is 17.7 Å². The highest BCUT2D eigenvalue weighted by Crippen LogP contribution is 2.33. The Morgan fingerprint density at radius 3 is 2.23 bits per heavy atom. The Morgan fingerprint density at radius 1 is 0.818 bits per heavy atom. The van der Waals surface area contributed by atoms with Gasteiger partial charge in [0, 0.05) is 5.56 Å². The molecule has 0 aliphatic heterocycles. The summed E-state index contributed by atoms with van der Waals surface area (Å²) in [5, 5.41) is 0. The van der Waals surface area contributed by atoms with Gasteiger partial charge in [0.1, 0.15) is 17.3 Å². The molecule has 0 atom stereocenters. The third-order valence-electron chi connectivity index (χ3n) is 3.06. The fourth-order valence-electron chi connectivity index (χ4n) is 2.00. The van der Waals surface area contributed by atoms with Crippen LogP contribution in [-0.4, -0.2) is 0 Å². The Morgan fingerprint density at radius 2 is 1.59 bits per heavy atom. The molecule has 0 amide bonds. The van der Waals surface area contributed by atoms with E-state index >= 15 is 0 Å². The van der Waals surface area contributed by atoms with Gasteiger partial charge in [-0.3, -0.25) is 0 Å². The van der Waals surface area contributed by atoms with E-state index in [2.05, 4.69) is 0 Å². The highest BCUT2D eigenvalue weighted by molar-refractivity contribution is 5.58. The van der Waals surface area contributed by atoms with E-state index in [1.807, 2.05) is 6.07 Å². The van der Waals surface area contributed by atoms with E-state index in [4.69, 9.17) is 9.15 Å². The van der Waals surface area contributed by atoms with Gasteiger partial charge in [-0.15, -0.1) is 0 Å². The van der Waals surface area contributed by atoms with Gasteiger partial charge in [-0.1, -0.05) is 6.07 Å². The van der Waals surface area contributed by atoms with Gasteiger partial charge in [0.2, 0.25) is 0 Å². The molecule has 3 rings (SSSR count).